The lowest BCUT2D eigenvalue weighted by Crippen LogP contribution is -2.43. The zero-order valence-electron chi connectivity index (χ0n) is 11.4. The predicted molar refractivity (Wildman–Crippen MR) is 71.5 cm³/mol. The van der Waals surface area contributed by atoms with Crippen LogP contribution in [0.1, 0.15) is 30.1 Å². The average Bonchev–Trinajstić information content (AvgIpc) is 2.47. The highest BCUT2D eigenvalue weighted by Crippen LogP contribution is 2.19. The van der Waals surface area contributed by atoms with Crippen molar-refractivity contribution < 1.29 is 14.0 Å². The Hall–Kier alpha value is -1.98. The van der Waals surface area contributed by atoms with Crippen LogP contribution in [-0.4, -0.2) is 41.3 Å². The number of nitrogens with one attached hydrogen (secondary N) is 1. The molecule has 0 radical (unpaired) electrons. The molecule has 1 aliphatic rings. The van der Waals surface area contributed by atoms with Gasteiger partial charge in [-0.1, -0.05) is 0 Å². The van der Waals surface area contributed by atoms with Crippen LogP contribution >= 0.6 is 0 Å². The Morgan fingerprint density at radius 1 is 1.45 bits per heavy atom. The molecule has 0 atom stereocenters. The minimum Gasteiger partial charge on any atom is -0.356 e. The van der Waals surface area contributed by atoms with E-state index in [-0.39, 0.29) is 23.3 Å². The molecule has 1 N–H and O–H groups in total. The van der Waals surface area contributed by atoms with Gasteiger partial charge >= 0.3 is 0 Å². The summed E-state index contributed by atoms with van der Waals surface area (Å²) >= 11 is 0. The van der Waals surface area contributed by atoms with Crippen LogP contribution in [0, 0.1) is 11.9 Å². The molecule has 0 aliphatic carbocycles. The standard InChI is InChI=1S/C14H18FN3O2/c1-2-16-13(19)10-5-8-18(9-6-10)14(20)11-4-3-7-17-12(11)15/h3-4,7,10H,2,5-6,8-9H2,1H3,(H,16,19). The van der Waals surface area contributed by atoms with Crippen LogP contribution in [0.5, 0.6) is 0 Å². The first kappa shape index (κ1) is 14.4. The first-order valence-corrected chi connectivity index (χ1v) is 6.81. The van der Waals surface area contributed by atoms with Crippen LogP contribution in [-0.2, 0) is 4.79 Å². The Morgan fingerprint density at radius 2 is 2.15 bits per heavy atom. The van der Waals surface area contributed by atoms with Crippen LogP contribution in [0.25, 0.3) is 0 Å². The summed E-state index contributed by atoms with van der Waals surface area (Å²) in [5, 5.41) is 2.79. The number of carbonyl (C=O) groups is 2. The number of rotatable bonds is 3. The molecule has 1 saturated heterocycles. The van der Waals surface area contributed by atoms with Gasteiger partial charge in [0.25, 0.3) is 5.91 Å². The molecule has 0 saturated carbocycles. The van der Waals surface area contributed by atoms with E-state index >= 15 is 0 Å². The third-order valence-corrected chi connectivity index (χ3v) is 3.49. The SMILES string of the molecule is CCNC(=O)C1CCN(C(=O)c2cccnc2F)CC1. The molecule has 0 bridgehead atoms. The molecular formula is C14H18FN3O2. The quantitative estimate of drug-likeness (QED) is 0.846. The molecule has 20 heavy (non-hydrogen) atoms. The zero-order valence-corrected chi connectivity index (χ0v) is 11.4. The van der Waals surface area contributed by atoms with E-state index in [1.165, 1.54) is 18.3 Å². The lowest BCUT2D eigenvalue weighted by atomic mass is 9.95. The van der Waals surface area contributed by atoms with Crippen molar-refractivity contribution in [3.8, 4) is 0 Å². The van der Waals surface area contributed by atoms with E-state index in [9.17, 15) is 14.0 Å². The number of aromatic nitrogens is 1. The minimum absolute atomic E-state index is 0.0102. The minimum atomic E-state index is -0.747. The van der Waals surface area contributed by atoms with Crippen molar-refractivity contribution in [1.82, 2.24) is 15.2 Å². The molecule has 2 rings (SSSR count). The Bertz CT molecular complexity index is 499. The molecule has 6 heteroatoms. The maximum absolute atomic E-state index is 13.5. The van der Waals surface area contributed by atoms with Crippen molar-refractivity contribution in [3.63, 3.8) is 0 Å². The number of likely N-dealkylation sites (tertiary alicyclic amines) is 1. The molecule has 1 aliphatic heterocycles. The first-order chi connectivity index (χ1) is 9.63. The van der Waals surface area contributed by atoms with Gasteiger partial charge in [0.2, 0.25) is 11.9 Å². The molecule has 0 aromatic carbocycles. The average molecular weight is 279 g/mol. The molecule has 5 nitrogen and oxygen atoms in total. The number of nitrogens with zero attached hydrogens (tertiary/aromatic N) is 2. The molecule has 108 valence electrons. The molecule has 1 aromatic heterocycles. The smallest absolute Gasteiger partial charge is 0.258 e. The van der Waals surface area contributed by atoms with Crippen LogP contribution in [0.4, 0.5) is 4.39 Å². The number of halogens is 1. The predicted octanol–water partition coefficient (Wildman–Crippen LogP) is 1.21. The van der Waals surface area contributed by atoms with Gasteiger partial charge in [-0.2, -0.15) is 4.39 Å². The Balaban J connectivity index is 1.96. The summed E-state index contributed by atoms with van der Waals surface area (Å²) in [5.74, 6) is -1.13. The number of hydrogen-bond donors (Lipinski definition) is 1. The van der Waals surface area contributed by atoms with Crippen LogP contribution in [0.3, 0.4) is 0 Å². The van der Waals surface area contributed by atoms with Crippen LogP contribution < -0.4 is 5.32 Å². The molecular weight excluding hydrogens is 261 g/mol. The van der Waals surface area contributed by atoms with E-state index in [1.807, 2.05) is 6.92 Å². The lowest BCUT2D eigenvalue weighted by molar-refractivity contribution is -0.126. The van der Waals surface area contributed by atoms with Gasteiger partial charge < -0.3 is 10.2 Å². The van der Waals surface area contributed by atoms with Crippen molar-refractivity contribution >= 4 is 11.8 Å². The van der Waals surface area contributed by atoms with Gasteiger partial charge in [0.15, 0.2) is 0 Å². The highest BCUT2D eigenvalue weighted by Gasteiger charge is 2.28. The summed E-state index contributed by atoms with van der Waals surface area (Å²) < 4.78 is 13.5. The zero-order chi connectivity index (χ0) is 14.5. The van der Waals surface area contributed by atoms with Crippen LogP contribution in [0.2, 0.25) is 0 Å². The van der Waals surface area contributed by atoms with Crippen molar-refractivity contribution in [2.45, 2.75) is 19.8 Å². The van der Waals surface area contributed by atoms with Gasteiger partial charge in [-0.25, -0.2) is 4.98 Å². The third-order valence-electron chi connectivity index (χ3n) is 3.49. The second kappa shape index (κ2) is 6.45. The van der Waals surface area contributed by atoms with E-state index in [1.54, 1.807) is 4.90 Å². The molecule has 0 unspecified atom stereocenters. The van der Waals surface area contributed by atoms with Gasteiger partial charge in [0.1, 0.15) is 0 Å². The fraction of sp³-hybridized carbons (Fsp3) is 0.500. The summed E-state index contributed by atoms with van der Waals surface area (Å²) in [6.45, 7) is 3.42. The fourth-order valence-electron chi connectivity index (χ4n) is 2.38. The lowest BCUT2D eigenvalue weighted by Gasteiger charge is -2.31. The number of carbonyl (C=O) groups excluding carboxylic acids is 2. The highest BCUT2D eigenvalue weighted by atomic mass is 19.1. The summed E-state index contributed by atoms with van der Waals surface area (Å²) in [5.41, 5.74) is -0.0102. The van der Waals surface area contributed by atoms with Crippen molar-refractivity contribution in [2.24, 2.45) is 5.92 Å². The number of pyridine rings is 1. The van der Waals surface area contributed by atoms with Crippen molar-refractivity contribution in [2.75, 3.05) is 19.6 Å². The maximum Gasteiger partial charge on any atom is 0.258 e. The van der Waals surface area contributed by atoms with Crippen molar-refractivity contribution in [1.29, 1.82) is 0 Å². The summed E-state index contributed by atoms with van der Waals surface area (Å²) in [6.07, 6.45) is 2.53. The topological polar surface area (TPSA) is 62.3 Å². The maximum atomic E-state index is 13.5. The Morgan fingerprint density at radius 3 is 2.75 bits per heavy atom. The largest absolute Gasteiger partial charge is 0.356 e. The Labute approximate surface area is 117 Å². The second-order valence-corrected chi connectivity index (χ2v) is 4.80. The van der Waals surface area contributed by atoms with Crippen LogP contribution in [0.15, 0.2) is 18.3 Å². The van der Waals surface area contributed by atoms with Gasteiger partial charge in [0, 0.05) is 31.7 Å². The number of hydrogen-bond acceptors (Lipinski definition) is 3. The van der Waals surface area contributed by atoms with Crippen molar-refractivity contribution in [3.05, 3.63) is 29.8 Å². The van der Waals surface area contributed by atoms with Gasteiger partial charge in [-0.05, 0) is 31.9 Å². The third kappa shape index (κ3) is 3.12. The van der Waals surface area contributed by atoms with E-state index in [0.717, 1.165) is 0 Å². The molecule has 1 aromatic rings. The fourth-order valence-corrected chi connectivity index (χ4v) is 2.38. The molecule has 0 spiro atoms. The number of amides is 2. The second-order valence-electron chi connectivity index (χ2n) is 4.80. The summed E-state index contributed by atoms with van der Waals surface area (Å²) in [4.78, 5) is 28.9. The number of piperidine rings is 1. The molecule has 2 heterocycles. The molecule has 2 amide bonds. The van der Waals surface area contributed by atoms with E-state index in [0.29, 0.717) is 32.5 Å². The van der Waals surface area contributed by atoms with Gasteiger partial charge in [-0.3, -0.25) is 9.59 Å². The summed E-state index contributed by atoms with van der Waals surface area (Å²) in [7, 11) is 0. The Kier molecular flexibility index (Phi) is 4.65. The van der Waals surface area contributed by atoms with E-state index in [2.05, 4.69) is 10.3 Å². The van der Waals surface area contributed by atoms with Gasteiger partial charge in [-0.15, -0.1) is 0 Å². The highest BCUT2D eigenvalue weighted by molar-refractivity contribution is 5.94. The van der Waals surface area contributed by atoms with E-state index < -0.39 is 5.95 Å². The monoisotopic (exact) mass is 279 g/mol. The summed E-state index contributed by atoms with van der Waals surface area (Å²) in [6, 6.07) is 2.97. The normalized spacial score (nSPS) is 16.0. The molecule has 1 fully saturated rings. The van der Waals surface area contributed by atoms with E-state index in [4.69, 9.17) is 0 Å². The van der Waals surface area contributed by atoms with Gasteiger partial charge in [0.05, 0.1) is 5.56 Å². The first-order valence-electron chi connectivity index (χ1n) is 6.81.